The van der Waals surface area contributed by atoms with Crippen LogP contribution in [-0.4, -0.2) is 5.54 Å². The second-order valence-corrected chi connectivity index (χ2v) is 5.56. The normalized spacial score (nSPS) is 19.5. The van der Waals surface area contributed by atoms with E-state index < -0.39 is 0 Å². The van der Waals surface area contributed by atoms with Crippen LogP contribution < -0.4 is 5.32 Å². The van der Waals surface area contributed by atoms with Gasteiger partial charge < -0.3 is 0 Å². The number of hydrogen-bond acceptors (Lipinski definition) is 3. The van der Waals surface area contributed by atoms with Gasteiger partial charge >= 0.3 is 0 Å². The van der Waals surface area contributed by atoms with Crippen molar-refractivity contribution in [2.75, 3.05) is 0 Å². The average Bonchev–Trinajstić information content (AvgIpc) is 2.88. The second kappa shape index (κ2) is 4.34. The summed E-state index contributed by atoms with van der Waals surface area (Å²) in [6.45, 7) is 2.83. The molecule has 3 heteroatoms. The van der Waals surface area contributed by atoms with Crippen LogP contribution in [0.2, 0.25) is 0 Å². The van der Waals surface area contributed by atoms with Gasteiger partial charge in [-0.25, -0.2) is 0 Å². The van der Waals surface area contributed by atoms with Gasteiger partial charge in [-0.1, -0.05) is 18.9 Å². The van der Waals surface area contributed by atoms with E-state index in [1.54, 1.807) is 11.3 Å². The number of thiophene rings is 1. The van der Waals surface area contributed by atoms with Crippen molar-refractivity contribution in [3.63, 3.8) is 0 Å². The fourth-order valence-corrected chi connectivity index (χ4v) is 2.40. The lowest BCUT2D eigenvalue weighted by molar-refractivity contribution is 0.397. The SMILES string of the molecule is CC(C#N)(CC1CC1)NCc1cccs1. The predicted molar refractivity (Wildman–Crippen MR) is 62.5 cm³/mol. The molecule has 0 spiro atoms. The van der Waals surface area contributed by atoms with Crippen molar-refractivity contribution < 1.29 is 0 Å². The Morgan fingerprint density at radius 2 is 2.47 bits per heavy atom. The summed E-state index contributed by atoms with van der Waals surface area (Å²) in [6, 6.07) is 6.56. The Bertz CT molecular complexity index is 348. The molecule has 1 aromatic heterocycles. The van der Waals surface area contributed by atoms with Crippen molar-refractivity contribution in [2.45, 2.75) is 38.3 Å². The van der Waals surface area contributed by atoms with Crippen LogP contribution in [0.4, 0.5) is 0 Å². The molecule has 1 aliphatic rings. The van der Waals surface area contributed by atoms with Gasteiger partial charge in [0.25, 0.3) is 0 Å². The first-order chi connectivity index (χ1) is 7.22. The molecule has 80 valence electrons. The van der Waals surface area contributed by atoms with Crippen LogP contribution >= 0.6 is 11.3 Å². The van der Waals surface area contributed by atoms with Crippen molar-refractivity contribution in [1.82, 2.24) is 5.32 Å². The van der Waals surface area contributed by atoms with E-state index in [9.17, 15) is 5.26 Å². The van der Waals surface area contributed by atoms with Gasteiger partial charge in [-0.2, -0.15) is 5.26 Å². The number of hydrogen-bond donors (Lipinski definition) is 1. The van der Waals surface area contributed by atoms with Crippen molar-refractivity contribution >= 4 is 11.3 Å². The minimum atomic E-state index is -0.342. The van der Waals surface area contributed by atoms with Gasteiger partial charge in [-0.15, -0.1) is 11.3 Å². The van der Waals surface area contributed by atoms with Crippen molar-refractivity contribution in [2.24, 2.45) is 5.92 Å². The fraction of sp³-hybridized carbons (Fsp3) is 0.583. The van der Waals surface area contributed by atoms with E-state index in [4.69, 9.17) is 0 Å². The summed E-state index contributed by atoms with van der Waals surface area (Å²) in [6.07, 6.45) is 3.60. The van der Waals surface area contributed by atoms with E-state index in [0.717, 1.165) is 18.9 Å². The third kappa shape index (κ3) is 3.05. The Labute approximate surface area is 94.9 Å². The Kier molecular flexibility index (Phi) is 3.08. The lowest BCUT2D eigenvalue weighted by Crippen LogP contribution is -2.40. The van der Waals surface area contributed by atoms with Crippen molar-refractivity contribution in [1.29, 1.82) is 5.26 Å². The average molecular weight is 220 g/mol. The topological polar surface area (TPSA) is 35.8 Å². The molecule has 2 nitrogen and oxygen atoms in total. The zero-order valence-corrected chi connectivity index (χ0v) is 9.81. The van der Waals surface area contributed by atoms with E-state index in [-0.39, 0.29) is 5.54 Å². The quantitative estimate of drug-likeness (QED) is 0.828. The highest BCUT2D eigenvalue weighted by atomic mass is 32.1. The smallest absolute Gasteiger partial charge is 0.104 e. The largest absolute Gasteiger partial charge is 0.295 e. The fourth-order valence-electron chi connectivity index (χ4n) is 1.75. The van der Waals surface area contributed by atoms with Crippen LogP contribution in [0.1, 0.15) is 31.1 Å². The molecule has 15 heavy (non-hydrogen) atoms. The highest BCUT2D eigenvalue weighted by Crippen LogP contribution is 2.36. The first kappa shape index (κ1) is 10.7. The zero-order chi connectivity index (χ0) is 10.7. The van der Waals surface area contributed by atoms with Crippen LogP contribution in [0.15, 0.2) is 17.5 Å². The predicted octanol–water partition coefficient (Wildman–Crippen LogP) is 2.92. The van der Waals surface area contributed by atoms with Gasteiger partial charge in [-0.3, -0.25) is 5.32 Å². The molecule has 0 saturated heterocycles. The summed E-state index contributed by atoms with van der Waals surface area (Å²) >= 11 is 1.74. The van der Waals surface area contributed by atoms with Crippen LogP contribution in [0, 0.1) is 17.2 Å². The molecule has 0 aliphatic heterocycles. The third-order valence-electron chi connectivity index (χ3n) is 2.87. The van der Waals surface area contributed by atoms with Gasteiger partial charge in [-0.05, 0) is 30.7 Å². The lowest BCUT2D eigenvalue weighted by Gasteiger charge is -2.22. The minimum Gasteiger partial charge on any atom is -0.295 e. The molecular formula is C12H16N2S. The minimum absolute atomic E-state index is 0.342. The maximum absolute atomic E-state index is 9.18. The lowest BCUT2D eigenvalue weighted by atomic mass is 9.96. The molecule has 1 aliphatic carbocycles. The zero-order valence-electron chi connectivity index (χ0n) is 8.99. The molecule has 0 aromatic carbocycles. The summed E-state index contributed by atoms with van der Waals surface area (Å²) in [4.78, 5) is 1.30. The van der Waals surface area contributed by atoms with E-state index >= 15 is 0 Å². The molecule has 2 rings (SSSR count). The van der Waals surface area contributed by atoms with E-state index in [1.807, 2.05) is 13.0 Å². The standard InChI is InChI=1S/C12H16N2S/c1-12(9-13,7-10-4-5-10)14-8-11-3-2-6-15-11/h2-3,6,10,14H,4-5,7-8H2,1H3. The highest BCUT2D eigenvalue weighted by Gasteiger charge is 2.33. The number of nitriles is 1. The first-order valence-corrected chi connectivity index (χ1v) is 6.28. The van der Waals surface area contributed by atoms with Gasteiger partial charge in [0, 0.05) is 11.4 Å². The maximum Gasteiger partial charge on any atom is 0.104 e. The van der Waals surface area contributed by atoms with Crippen LogP contribution in [0.3, 0.4) is 0 Å². The molecule has 0 radical (unpaired) electrons. The molecule has 1 N–H and O–H groups in total. The second-order valence-electron chi connectivity index (χ2n) is 4.52. The third-order valence-corrected chi connectivity index (χ3v) is 3.75. The summed E-state index contributed by atoms with van der Waals surface area (Å²) in [5, 5.41) is 14.6. The molecule has 1 heterocycles. The summed E-state index contributed by atoms with van der Waals surface area (Å²) < 4.78 is 0. The van der Waals surface area contributed by atoms with E-state index in [0.29, 0.717) is 0 Å². The van der Waals surface area contributed by atoms with E-state index in [1.165, 1.54) is 17.7 Å². The molecular weight excluding hydrogens is 204 g/mol. The maximum atomic E-state index is 9.18. The molecule has 1 aromatic rings. The summed E-state index contributed by atoms with van der Waals surface area (Å²) in [5.74, 6) is 0.783. The molecule has 0 bridgehead atoms. The Balaban J connectivity index is 1.87. The van der Waals surface area contributed by atoms with E-state index in [2.05, 4.69) is 22.8 Å². The van der Waals surface area contributed by atoms with Gasteiger partial charge in [0.05, 0.1) is 6.07 Å². The summed E-state index contributed by atoms with van der Waals surface area (Å²) in [7, 11) is 0. The Hall–Kier alpha value is -0.850. The number of rotatable bonds is 5. The number of nitrogens with zero attached hydrogens (tertiary/aromatic N) is 1. The Morgan fingerprint density at radius 1 is 1.67 bits per heavy atom. The monoisotopic (exact) mass is 220 g/mol. The first-order valence-electron chi connectivity index (χ1n) is 5.40. The van der Waals surface area contributed by atoms with Gasteiger partial charge in [0.15, 0.2) is 0 Å². The van der Waals surface area contributed by atoms with Crippen LogP contribution in [0.5, 0.6) is 0 Å². The Morgan fingerprint density at radius 3 is 3.00 bits per heavy atom. The van der Waals surface area contributed by atoms with Gasteiger partial charge in [0.2, 0.25) is 0 Å². The van der Waals surface area contributed by atoms with Crippen molar-refractivity contribution in [3.8, 4) is 6.07 Å². The van der Waals surface area contributed by atoms with Crippen LogP contribution in [-0.2, 0) is 6.54 Å². The molecule has 1 atom stereocenters. The van der Waals surface area contributed by atoms with Crippen LogP contribution in [0.25, 0.3) is 0 Å². The molecule has 1 unspecified atom stereocenters. The van der Waals surface area contributed by atoms with Crippen molar-refractivity contribution in [3.05, 3.63) is 22.4 Å². The number of nitrogens with one attached hydrogen (secondary N) is 1. The molecule has 1 fully saturated rings. The van der Waals surface area contributed by atoms with Gasteiger partial charge in [0.1, 0.15) is 5.54 Å². The molecule has 1 saturated carbocycles. The molecule has 0 amide bonds. The summed E-state index contributed by atoms with van der Waals surface area (Å²) in [5.41, 5.74) is -0.342. The highest BCUT2D eigenvalue weighted by molar-refractivity contribution is 7.09.